The molecule has 5 heteroatoms. The average Bonchev–Trinajstić information content (AvgIpc) is 2.72. The molecule has 0 saturated carbocycles. The minimum atomic E-state index is -0.205. The normalized spacial score (nSPS) is 21.7. The minimum absolute atomic E-state index is 0. The molecule has 1 aliphatic heterocycles. The van der Waals surface area contributed by atoms with Crippen LogP contribution in [0.1, 0.15) is 18.9 Å². The van der Waals surface area contributed by atoms with Crippen LogP contribution in [0, 0.1) is 11.7 Å². The molecular formula is C13H19BrClFN2. The van der Waals surface area contributed by atoms with E-state index in [0.29, 0.717) is 10.4 Å². The van der Waals surface area contributed by atoms with Crippen LogP contribution in [0.25, 0.3) is 0 Å². The van der Waals surface area contributed by atoms with E-state index >= 15 is 0 Å². The van der Waals surface area contributed by atoms with E-state index in [-0.39, 0.29) is 24.3 Å². The molecule has 0 radical (unpaired) electrons. The van der Waals surface area contributed by atoms with Crippen LogP contribution in [0.2, 0.25) is 0 Å². The lowest BCUT2D eigenvalue weighted by molar-refractivity contribution is 0.308. The fourth-order valence-electron chi connectivity index (χ4n) is 2.33. The fraction of sp³-hybridized carbons (Fsp3) is 0.538. The second-order valence-electron chi connectivity index (χ2n) is 4.89. The lowest BCUT2D eigenvalue weighted by Crippen LogP contribution is -2.29. The highest BCUT2D eigenvalue weighted by molar-refractivity contribution is 9.10. The van der Waals surface area contributed by atoms with Gasteiger partial charge in [-0.25, -0.2) is 4.39 Å². The summed E-state index contributed by atoms with van der Waals surface area (Å²) in [5, 5.41) is 0. The van der Waals surface area contributed by atoms with Crippen LogP contribution in [0.4, 0.5) is 4.39 Å². The highest BCUT2D eigenvalue weighted by Crippen LogP contribution is 2.22. The molecule has 0 bridgehead atoms. The highest BCUT2D eigenvalue weighted by atomic mass is 79.9. The van der Waals surface area contributed by atoms with Crippen molar-refractivity contribution in [1.29, 1.82) is 0 Å². The van der Waals surface area contributed by atoms with Crippen LogP contribution < -0.4 is 5.73 Å². The van der Waals surface area contributed by atoms with Gasteiger partial charge in [0, 0.05) is 19.1 Å². The van der Waals surface area contributed by atoms with Gasteiger partial charge in [-0.1, -0.05) is 6.07 Å². The van der Waals surface area contributed by atoms with Gasteiger partial charge >= 0.3 is 0 Å². The Morgan fingerprint density at radius 1 is 1.56 bits per heavy atom. The van der Waals surface area contributed by atoms with Gasteiger partial charge in [0.05, 0.1) is 4.47 Å². The third kappa shape index (κ3) is 3.92. The molecule has 2 unspecified atom stereocenters. The van der Waals surface area contributed by atoms with Gasteiger partial charge in [0.2, 0.25) is 0 Å². The van der Waals surface area contributed by atoms with Gasteiger partial charge in [0.1, 0.15) is 5.82 Å². The smallest absolute Gasteiger partial charge is 0.137 e. The van der Waals surface area contributed by atoms with E-state index in [2.05, 4.69) is 27.8 Å². The summed E-state index contributed by atoms with van der Waals surface area (Å²) in [5.41, 5.74) is 7.06. The number of nitrogens with two attached hydrogens (primary N) is 1. The maximum absolute atomic E-state index is 13.1. The molecule has 0 spiro atoms. The van der Waals surface area contributed by atoms with Gasteiger partial charge in [-0.2, -0.15) is 0 Å². The first kappa shape index (κ1) is 15.9. The maximum Gasteiger partial charge on any atom is 0.137 e. The van der Waals surface area contributed by atoms with Gasteiger partial charge in [-0.05, 0) is 59.4 Å². The number of halogens is 3. The predicted molar refractivity (Wildman–Crippen MR) is 78.4 cm³/mol. The third-order valence-corrected chi connectivity index (χ3v) is 4.05. The van der Waals surface area contributed by atoms with Crippen LogP contribution in [-0.2, 0) is 6.54 Å². The monoisotopic (exact) mass is 336 g/mol. The molecular weight excluding hydrogens is 319 g/mol. The summed E-state index contributed by atoms with van der Waals surface area (Å²) in [6.07, 6.45) is 1.17. The predicted octanol–water partition coefficient (Wildman–Crippen LogP) is 3.18. The van der Waals surface area contributed by atoms with E-state index in [1.807, 2.05) is 12.1 Å². The lowest BCUT2D eigenvalue weighted by Gasteiger charge is -2.18. The average molecular weight is 338 g/mol. The van der Waals surface area contributed by atoms with Gasteiger partial charge in [0.15, 0.2) is 0 Å². The summed E-state index contributed by atoms with van der Waals surface area (Å²) in [6, 6.07) is 5.48. The quantitative estimate of drug-likeness (QED) is 0.918. The van der Waals surface area contributed by atoms with Gasteiger partial charge in [-0.15, -0.1) is 12.4 Å². The number of benzene rings is 1. The molecule has 2 nitrogen and oxygen atoms in total. The van der Waals surface area contributed by atoms with E-state index in [4.69, 9.17) is 5.73 Å². The molecule has 102 valence electrons. The Labute approximate surface area is 122 Å². The van der Waals surface area contributed by atoms with Gasteiger partial charge in [0.25, 0.3) is 0 Å². The molecule has 1 fully saturated rings. The van der Waals surface area contributed by atoms with Gasteiger partial charge in [-0.3, -0.25) is 4.90 Å². The zero-order valence-electron chi connectivity index (χ0n) is 10.4. The zero-order chi connectivity index (χ0) is 12.4. The summed E-state index contributed by atoms with van der Waals surface area (Å²) in [4.78, 5) is 2.38. The summed E-state index contributed by atoms with van der Waals surface area (Å²) < 4.78 is 13.6. The Kier molecular flexibility index (Phi) is 6.05. The van der Waals surface area contributed by atoms with Crippen LogP contribution >= 0.6 is 28.3 Å². The minimum Gasteiger partial charge on any atom is -0.328 e. The summed E-state index contributed by atoms with van der Waals surface area (Å²) >= 11 is 3.22. The van der Waals surface area contributed by atoms with E-state index in [0.717, 1.165) is 25.2 Å². The number of nitrogens with zero attached hydrogens (tertiary/aromatic N) is 1. The second kappa shape index (κ2) is 6.85. The molecule has 1 saturated heterocycles. The lowest BCUT2D eigenvalue weighted by atomic mass is 10.0. The van der Waals surface area contributed by atoms with Crippen molar-refractivity contribution in [3.8, 4) is 0 Å². The Morgan fingerprint density at radius 2 is 2.28 bits per heavy atom. The van der Waals surface area contributed by atoms with Crippen LogP contribution in [0.3, 0.4) is 0 Å². The van der Waals surface area contributed by atoms with Crippen molar-refractivity contribution in [3.63, 3.8) is 0 Å². The van der Waals surface area contributed by atoms with Crippen molar-refractivity contribution in [2.45, 2.75) is 25.9 Å². The van der Waals surface area contributed by atoms with Crippen molar-refractivity contribution in [2.75, 3.05) is 13.1 Å². The Balaban J connectivity index is 0.00000162. The highest BCUT2D eigenvalue weighted by Gasteiger charge is 2.24. The van der Waals surface area contributed by atoms with Crippen molar-refractivity contribution in [1.82, 2.24) is 4.90 Å². The molecule has 18 heavy (non-hydrogen) atoms. The zero-order valence-corrected chi connectivity index (χ0v) is 12.8. The Morgan fingerprint density at radius 3 is 2.83 bits per heavy atom. The van der Waals surface area contributed by atoms with Crippen LogP contribution in [-0.4, -0.2) is 24.0 Å². The summed E-state index contributed by atoms with van der Waals surface area (Å²) in [7, 11) is 0. The maximum atomic E-state index is 13.1. The van der Waals surface area contributed by atoms with E-state index in [1.165, 1.54) is 12.5 Å². The number of rotatable bonds is 3. The molecule has 2 atom stereocenters. The standard InChI is InChI=1S/C13H18BrFN2.ClH/c1-9(16)11-4-5-17(8-11)7-10-2-3-13(15)12(14)6-10;/h2-3,6,9,11H,4-5,7-8,16H2,1H3;1H. The first-order valence-corrected chi connectivity index (χ1v) is 6.77. The first-order chi connectivity index (χ1) is 8.06. The molecule has 2 N–H and O–H groups in total. The molecule has 1 aromatic carbocycles. The molecule has 0 amide bonds. The van der Waals surface area contributed by atoms with Gasteiger partial charge < -0.3 is 5.73 Å². The molecule has 0 aromatic heterocycles. The Hall–Kier alpha value is -0.160. The number of likely N-dealkylation sites (tertiary alicyclic amines) is 1. The molecule has 2 rings (SSSR count). The van der Waals surface area contributed by atoms with Crippen molar-refractivity contribution < 1.29 is 4.39 Å². The first-order valence-electron chi connectivity index (χ1n) is 5.98. The van der Waals surface area contributed by atoms with E-state index < -0.39 is 0 Å². The summed E-state index contributed by atoms with van der Waals surface area (Å²) in [5.74, 6) is 0.391. The van der Waals surface area contributed by atoms with Crippen LogP contribution in [0.15, 0.2) is 22.7 Å². The topological polar surface area (TPSA) is 29.3 Å². The molecule has 0 aliphatic carbocycles. The molecule has 1 heterocycles. The molecule has 1 aliphatic rings. The van der Waals surface area contributed by atoms with E-state index in [1.54, 1.807) is 0 Å². The van der Waals surface area contributed by atoms with E-state index in [9.17, 15) is 4.39 Å². The van der Waals surface area contributed by atoms with Crippen molar-refractivity contribution >= 4 is 28.3 Å². The number of hydrogen-bond acceptors (Lipinski definition) is 2. The SMILES string of the molecule is CC(N)C1CCN(Cc2ccc(F)c(Br)c2)C1.Cl. The third-order valence-electron chi connectivity index (χ3n) is 3.44. The second-order valence-corrected chi connectivity index (χ2v) is 5.75. The van der Waals surface area contributed by atoms with Crippen molar-refractivity contribution in [2.24, 2.45) is 11.7 Å². The fourth-order valence-corrected chi connectivity index (χ4v) is 2.76. The Bertz CT molecular complexity index is 401. The van der Waals surface area contributed by atoms with Crippen molar-refractivity contribution in [3.05, 3.63) is 34.1 Å². The van der Waals surface area contributed by atoms with Crippen LogP contribution in [0.5, 0.6) is 0 Å². The number of hydrogen-bond donors (Lipinski definition) is 1. The largest absolute Gasteiger partial charge is 0.328 e. The molecule has 1 aromatic rings. The summed E-state index contributed by atoms with van der Waals surface area (Å²) in [6.45, 7) is 5.08.